The second kappa shape index (κ2) is 5.69. The number of imide groups is 1. The van der Waals surface area contributed by atoms with Crippen LogP contribution in [0, 0.1) is 5.82 Å². The van der Waals surface area contributed by atoms with Gasteiger partial charge < -0.3 is 15.8 Å². The van der Waals surface area contributed by atoms with Gasteiger partial charge in [0.2, 0.25) is 5.91 Å². The van der Waals surface area contributed by atoms with E-state index in [2.05, 4.69) is 5.32 Å². The fourth-order valence-corrected chi connectivity index (χ4v) is 1.17. The van der Waals surface area contributed by atoms with Gasteiger partial charge in [0.05, 0.1) is 19.3 Å². The van der Waals surface area contributed by atoms with E-state index in [4.69, 9.17) is 10.5 Å². The minimum absolute atomic E-state index is 0.176. The lowest BCUT2D eigenvalue weighted by Crippen LogP contribution is -2.38. The Labute approximate surface area is 96.9 Å². The Kier molecular flexibility index (Phi) is 4.27. The molecule has 4 N–H and O–H groups in total. The van der Waals surface area contributed by atoms with E-state index >= 15 is 0 Å². The Hall–Kier alpha value is -2.31. The lowest BCUT2D eigenvalue weighted by atomic mass is 10.3. The number of nitrogens with two attached hydrogens (primary N) is 1. The smallest absolute Gasteiger partial charge is 0.318 e. The maximum absolute atomic E-state index is 12.9. The summed E-state index contributed by atoms with van der Waals surface area (Å²) in [7, 11) is 1.38. The Bertz CT molecular complexity index is 437. The zero-order chi connectivity index (χ0) is 12.8. The van der Waals surface area contributed by atoms with Crippen LogP contribution in [0.3, 0.4) is 0 Å². The number of primary amides is 1. The minimum Gasteiger partial charge on any atom is -0.494 e. The van der Waals surface area contributed by atoms with Crippen molar-refractivity contribution in [2.24, 2.45) is 5.73 Å². The fraction of sp³-hybridized carbons (Fsp3) is 0.200. The number of rotatable bonds is 4. The molecular weight excluding hydrogens is 229 g/mol. The average Bonchev–Trinajstić information content (AvgIpc) is 2.26. The van der Waals surface area contributed by atoms with Crippen molar-refractivity contribution in [1.82, 2.24) is 5.32 Å². The average molecular weight is 241 g/mol. The van der Waals surface area contributed by atoms with Crippen molar-refractivity contribution in [3.8, 4) is 5.75 Å². The molecule has 3 amide bonds. The molecule has 1 aromatic carbocycles. The van der Waals surface area contributed by atoms with E-state index in [1.54, 1.807) is 0 Å². The highest BCUT2D eigenvalue weighted by atomic mass is 19.1. The van der Waals surface area contributed by atoms with Crippen molar-refractivity contribution in [2.75, 3.05) is 19.0 Å². The summed E-state index contributed by atoms with van der Waals surface area (Å²) in [5, 5.41) is 4.57. The second-order valence-corrected chi connectivity index (χ2v) is 3.11. The molecule has 0 atom stereocenters. The molecule has 0 aliphatic carbocycles. The second-order valence-electron chi connectivity index (χ2n) is 3.11. The summed E-state index contributed by atoms with van der Waals surface area (Å²) in [5.41, 5.74) is 5.20. The molecule has 0 radical (unpaired) electrons. The maximum atomic E-state index is 12.9. The van der Waals surface area contributed by atoms with Gasteiger partial charge in [-0.15, -0.1) is 0 Å². The quantitative estimate of drug-likeness (QED) is 0.713. The molecule has 0 bridgehead atoms. The molecule has 1 aromatic rings. The van der Waals surface area contributed by atoms with E-state index in [-0.39, 0.29) is 12.3 Å². The first-order chi connectivity index (χ1) is 8.02. The van der Waals surface area contributed by atoms with Gasteiger partial charge in [0.25, 0.3) is 0 Å². The monoisotopic (exact) mass is 241 g/mol. The van der Waals surface area contributed by atoms with Crippen molar-refractivity contribution < 1.29 is 18.7 Å². The number of carbonyl (C=O) groups is 2. The van der Waals surface area contributed by atoms with Gasteiger partial charge in [0, 0.05) is 6.07 Å². The molecule has 0 heterocycles. The van der Waals surface area contributed by atoms with E-state index < -0.39 is 17.8 Å². The van der Waals surface area contributed by atoms with Crippen molar-refractivity contribution in [3.05, 3.63) is 24.0 Å². The van der Waals surface area contributed by atoms with Crippen LogP contribution in [0.1, 0.15) is 0 Å². The lowest BCUT2D eigenvalue weighted by Gasteiger charge is -2.10. The fourth-order valence-electron chi connectivity index (χ4n) is 1.17. The summed E-state index contributed by atoms with van der Waals surface area (Å²) in [6.45, 7) is -0.176. The standard InChI is InChI=1S/C10H12FN3O3/c1-17-8-4-6(11)2-3-7(8)13-5-9(15)14-10(12)16/h2-4,13H,5H2,1H3,(H3,12,14,15,16). The minimum atomic E-state index is -0.928. The van der Waals surface area contributed by atoms with Crippen LogP contribution in [0.15, 0.2) is 18.2 Å². The molecular formula is C10H12FN3O3. The largest absolute Gasteiger partial charge is 0.494 e. The zero-order valence-corrected chi connectivity index (χ0v) is 9.12. The molecule has 17 heavy (non-hydrogen) atoms. The molecule has 0 saturated carbocycles. The highest BCUT2D eigenvalue weighted by molar-refractivity contribution is 5.95. The predicted molar refractivity (Wildman–Crippen MR) is 59.2 cm³/mol. The molecule has 0 fully saturated rings. The van der Waals surface area contributed by atoms with Gasteiger partial charge in [-0.2, -0.15) is 0 Å². The predicted octanol–water partition coefficient (Wildman–Crippen LogP) is 0.441. The molecule has 0 aromatic heterocycles. The van der Waals surface area contributed by atoms with E-state index in [1.807, 2.05) is 5.32 Å². The van der Waals surface area contributed by atoms with Gasteiger partial charge in [-0.25, -0.2) is 9.18 Å². The molecule has 0 unspecified atom stereocenters. The number of halogens is 1. The van der Waals surface area contributed by atoms with Crippen molar-refractivity contribution in [3.63, 3.8) is 0 Å². The van der Waals surface area contributed by atoms with Crippen molar-refractivity contribution >= 4 is 17.6 Å². The Morgan fingerprint density at radius 3 is 2.76 bits per heavy atom. The van der Waals surface area contributed by atoms with Crippen LogP contribution >= 0.6 is 0 Å². The van der Waals surface area contributed by atoms with E-state index in [1.165, 1.54) is 25.3 Å². The summed E-state index contributed by atoms with van der Waals surface area (Å²) >= 11 is 0. The topological polar surface area (TPSA) is 93.4 Å². The van der Waals surface area contributed by atoms with Crippen LogP contribution in [0.4, 0.5) is 14.9 Å². The van der Waals surface area contributed by atoms with Gasteiger partial charge in [-0.1, -0.05) is 0 Å². The molecule has 0 spiro atoms. The Morgan fingerprint density at radius 1 is 1.47 bits per heavy atom. The van der Waals surface area contributed by atoms with E-state index in [0.29, 0.717) is 5.69 Å². The number of urea groups is 1. The molecule has 1 rings (SSSR count). The SMILES string of the molecule is COc1cc(F)ccc1NCC(=O)NC(N)=O. The van der Waals surface area contributed by atoms with Crippen molar-refractivity contribution in [2.45, 2.75) is 0 Å². The first-order valence-corrected chi connectivity index (χ1v) is 4.69. The van der Waals surface area contributed by atoms with Crippen LogP contribution in [0.25, 0.3) is 0 Å². The number of anilines is 1. The third-order valence-corrected chi connectivity index (χ3v) is 1.87. The van der Waals surface area contributed by atoms with Crippen LogP contribution in [0.5, 0.6) is 5.75 Å². The van der Waals surface area contributed by atoms with Gasteiger partial charge in [-0.3, -0.25) is 10.1 Å². The molecule has 0 aliphatic rings. The van der Waals surface area contributed by atoms with Gasteiger partial charge >= 0.3 is 6.03 Å². The van der Waals surface area contributed by atoms with Crippen LogP contribution in [-0.2, 0) is 4.79 Å². The number of hydrogen-bond acceptors (Lipinski definition) is 4. The van der Waals surface area contributed by atoms with E-state index in [9.17, 15) is 14.0 Å². The number of nitrogens with one attached hydrogen (secondary N) is 2. The molecule has 0 aliphatic heterocycles. The van der Waals surface area contributed by atoms with Gasteiger partial charge in [0.1, 0.15) is 11.6 Å². The highest BCUT2D eigenvalue weighted by Crippen LogP contribution is 2.24. The Balaban J connectivity index is 2.63. The molecule has 7 heteroatoms. The normalized spacial score (nSPS) is 9.53. The first kappa shape index (κ1) is 12.8. The van der Waals surface area contributed by atoms with Gasteiger partial charge in [0.15, 0.2) is 0 Å². The third-order valence-electron chi connectivity index (χ3n) is 1.87. The number of amides is 3. The summed E-state index contributed by atoms with van der Waals surface area (Å²) in [6.07, 6.45) is 0. The maximum Gasteiger partial charge on any atom is 0.318 e. The third kappa shape index (κ3) is 3.98. The van der Waals surface area contributed by atoms with Crippen molar-refractivity contribution in [1.29, 1.82) is 0 Å². The molecule has 6 nitrogen and oxygen atoms in total. The van der Waals surface area contributed by atoms with Crippen LogP contribution < -0.4 is 21.1 Å². The van der Waals surface area contributed by atoms with Crippen LogP contribution in [-0.4, -0.2) is 25.6 Å². The first-order valence-electron chi connectivity index (χ1n) is 4.69. The summed E-state index contributed by atoms with van der Waals surface area (Å²) in [5.74, 6) is -0.783. The summed E-state index contributed by atoms with van der Waals surface area (Å²) in [6, 6.07) is 2.89. The lowest BCUT2D eigenvalue weighted by molar-refractivity contribution is -0.118. The van der Waals surface area contributed by atoms with E-state index in [0.717, 1.165) is 0 Å². The number of methoxy groups -OCH3 is 1. The zero-order valence-electron chi connectivity index (χ0n) is 9.12. The van der Waals surface area contributed by atoms with Gasteiger partial charge in [-0.05, 0) is 12.1 Å². The van der Waals surface area contributed by atoms with Crippen LogP contribution in [0.2, 0.25) is 0 Å². The Morgan fingerprint density at radius 2 is 2.18 bits per heavy atom. The number of carbonyl (C=O) groups excluding carboxylic acids is 2. The summed E-state index contributed by atoms with van der Waals surface area (Å²) < 4.78 is 17.8. The summed E-state index contributed by atoms with van der Waals surface area (Å²) in [4.78, 5) is 21.5. The number of ether oxygens (including phenoxy) is 1. The number of hydrogen-bond donors (Lipinski definition) is 3. The molecule has 0 saturated heterocycles. The number of benzene rings is 1. The highest BCUT2D eigenvalue weighted by Gasteiger charge is 2.07. The molecule has 92 valence electrons.